The number of sulfonamides is 1. The first-order valence-electron chi connectivity index (χ1n) is 11.9. The van der Waals surface area contributed by atoms with Gasteiger partial charge in [0.1, 0.15) is 18.1 Å². The van der Waals surface area contributed by atoms with E-state index in [0.29, 0.717) is 23.7 Å². The summed E-state index contributed by atoms with van der Waals surface area (Å²) in [6, 6.07) is 23.2. The fourth-order valence-corrected chi connectivity index (χ4v) is 5.23. The fraction of sp³-hybridized carbons (Fsp3) is 0.286. The minimum atomic E-state index is -4.01. The Bertz CT molecular complexity index is 1180. The van der Waals surface area contributed by atoms with Crippen molar-refractivity contribution in [3.8, 4) is 11.5 Å². The van der Waals surface area contributed by atoms with Gasteiger partial charge in [0.15, 0.2) is 0 Å². The summed E-state index contributed by atoms with van der Waals surface area (Å²) in [6.45, 7) is 4.69. The molecule has 1 atom stereocenters. The van der Waals surface area contributed by atoms with Gasteiger partial charge >= 0.3 is 0 Å². The number of aliphatic hydroxyl groups is 1. The number of para-hydroxylation sites is 2. The highest BCUT2D eigenvalue weighted by molar-refractivity contribution is 7.92. The summed E-state index contributed by atoms with van der Waals surface area (Å²) >= 11 is 0. The highest BCUT2D eigenvalue weighted by Gasteiger charge is 2.29. The van der Waals surface area contributed by atoms with Gasteiger partial charge in [-0.15, -0.1) is 0 Å². The van der Waals surface area contributed by atoms with Crippen molar-refractivity contribution in [3.63, 3.8) is 0 Å². The van der Waals surface area contributed by atoms with E-state index in [-0.39, 0.29) is 24.6 Å². The normalized spacial score (nSPS) is 12.1. The Labute approximate surface area is 214 Å². The number of methoxy groups -OCH3 is 1. The van der Waals surface area contributed by atoms with Gasteiger partial charge in [-0.25, -0.2) is 8.42 Å². The van der Waals surface area contributed by atoms with Crippen molar-refractivity contribution in [2.75, 3.05) is 37.7 Å². The van der Waals surface area contributed by atoms with Gasteiger partial charge in [0.05, 0.1) is 30.3 Å². The van der Waals surface area contributed by atoms with Crippen LogP contribution in [0.4, 0.5) is 5.69 Å². The molecule has 0 spiro atoms. The molecule has 0 aromatic heterocycles. The van der Waals surface area contributed by atoms with Crippen LogP contribution in [0.3, 0.4) is 0 Å². The maximum absolute atomic E-state index is 13.7. The molecule has 0 heterocycles. The molecule has 0 fully saturated rings. The number of ether oxygens (including phenoxy) is 2. The van der Waals surface area contributed by atoms with Gasteiger partial charge in [-0.1, -0.05) is 55.1 Å². The quantitative estimate of drug-likeness (QED) is 0.237. The van der Waals surface area contributed by atoms with Crippen LogP contribution in [0.1, 0.15) is 12.0 Å². The summed E-state index contributed by atoms with van der Waals surface area (Å²) in [5, 5.41) is 14.0. The van der Waals surface area contributed by atoms with E-state index in [9.17, 15) is 13.5 Å². The minimum absolute atomic E-state index is 0.0878. The summed E-state index contributed by atoms with van der Waals surface area (Å²) in [5.74, 6) is 0.937. The highest BCUT2D eigenvalue weighted by atomic mass is 32.2. The zero-order valence-electron chi connectivity index (χ0n) is 20.5. The molecule has 1 unspecified atom stereocenters. The van der Waals surface area contributed by atoms with Crippen LogP contribution in [-0.2, 0) is 16.4 Å². The van der Waals surface area contributed by atoms with Crippen LogP contribution in [0.5, 0.6) is 11.5 Å². The molecule has 7 nitrogen and oxygen atoms in total. The van der Waals surface area contributed by atoms with Crippen molar-refractivity contribution in [1.82, 2.24) is 5.32 Å². The smallest absolute Gasteiger partial charge is 0.264 e. The number of anilines is 1. The van der Waals surface area contributed by atoms with E-state index in [4.69, 9.17) is 9.47 Å². The van der Waals surface area contributed by atoms with E-state index >= 15 is 0 Å². The lowest BCUT2D eigenvalue weighted by Gasteiger charge is -2.28. The SMILES string of the molecule is C=CCOc1ccccc1N(CC(O)CNCCCc1ccccc1)S(=O)(=O)c1ccc(OC)cc1. The van der Waals surface area contributed by atoms with Gasteiger partial charge < -0.3 is 19.9 Å². The molecule has 0 radical (unpaired) electrons. The first-order valence-corrected chi connectivity index (χ1v) is 13.3. The Morgan fingerprint density at radius 3 is 2.42 bits per heavy atom. The topological polar surface area (TPSA) is 88.1 Å². The lowest BCUT2D eigenvalue weighted by Crippen LogP contribution is -2.42. The van der Waals surface area contributed by atoms with Crippen molar-refractivity contribution < 1.29 is 23.0 Å². The third-order valence-corrected chi connectivity index (χ3v) is 7.35. The molecule has 3 aromatic rings. The third-order valence-electron chi connectivity index (χ3n) is 5.56. The standard InChI is InChI=1S/C28H34N2O5S/c1-3-20-35-28-14-8-7-13-27(28)30(36(32,33)26-17-15-25(34-2)16-18-26)22-24(31)21-29-19-9-12-23-10-5-4-6-11-23/h3-8,10-11,13-18,24,29,31H,1,9,12,19-22H2,2H3. The van der Waals surface area contributed by atoms with E-state index in [1.54, 1.807) is 42.5 Å². The zero-order chi connectivity index (χ0) is 25.8. The molecule has 0 saturated heterocycles. The van der Waals surface area contributed by atoms with E-state index < -0.39 is 16.1 Å². The molecule has 0 aliphatic rings. The van der Waals surface area contributed by atoms with Crippen LogP contribution in [0, 0.1) is 0 Å². The van der Waals surface area contributed by atoms with Crippen molar-refractivity contribution in [2.24, 2.45) is 0 Å². The van der Waals surface area contributed by atoms with E-state index in [1.165, 1.54) is 29.1 Å². The summed E-state index contributed by atoms with van der Waals surface area (Å²) in [6.07, 6.45) is 2.48. The van der Waals surface area contributed by atoms with Crippen LogP contribution in [0.2, 0.25) is 0 Å². The Hall–Kier alpha value is -3.33. The number of aryl methyl sites for hydroxylation is 1. The molecule has 0 aliphatic heterocycles. The van der Waals surface area contributed by atoms with Crippen LogP contribution >= 0.6 is 0 Å². The molecule has 0 aliphatic carbocycles. The number of hydrogen-bond donors (Lipinski definition) is 2. The van der Waals surface area contributed by atoms with Crippen LogP contribution in [0.15, 0.2) is 96.4 Å². The summed E-state index contributed by atoms with van der Waals surface area (Å²) in [5.41, 5.74) is 1.60. The van der Waals surface area contributed by atoms with Gasteiger partial charge in [-0.05, 0) is 61.3 Å². The van der Waals surface area contributed by atoms with E-state index in [2.05, 4.69) is 24.0 Å². The average Bonchev–Trinajstić information content (AvgIpc) is 2.91. The fourth-order valence-electron chi connectivity index (χ4n) is 3.72. The second-order valence-electron chi connectivity index (χ2n) is 8.23. The third kappa shape index (κ3) is 7.58. The summed E-state index contributed by atoms with van der Waals surface area (Å²) in [7, 11) is -2.49. The molecule has 8 heteroatoms. The molecular formula is C28H34N2O5S. The van der Waals surface area contributed by atoms with Crippen LogP contribution < -0.4 is 19.1 Å². The average molecular weight is 511 g/mol. The number of rotatable bonds is 15. The Kier molecular flexibility index (Phi) is 10.4. The summed E-state index contributed by atoms with van der Waals surface area (Å²) < 4.78 is 39.5. The van der Waals surface area contributed by atoms with Crippen LogP contribution in [-0.4, -0.2) is 53.0 Å². The largest absolute Gasteiger partial charge is 0.497 e. The maximum atomic E-state index is 13.7. The van der Waals surface area contributed by atoms with Gasteiger partial charge in [0.25, 0.3) is 10.0 Å². The zero-order valence-corrected chi connectivity index (χ0v) is 21.4. The van der Waals surface area contributed by atoms with Crippen molar-refractivity contribution >= 4 is 15.7 Å². The predicted molar refractivity (Wildman–Crippen MR) is 143 cm³/mol. The predicted octanol–water partition coefficient (Wildman–Crippen LogP) is 4.04. The molecule has 3 rings (SSSR count). The molecule has 0 saturated carbocycles. The Morgan fingerprint density at radius 2 is 1.72 bits per heavy atom. The van der Waals surface area contributed by atoms with Gasteiger partial charge in [0.2, 0.25) is 0 Å². The van der Waals surface area contributed by atoms with Crippen molar-refractivity contribution in [2.45, 2.75) is 23.8 Å². The number of nitrogens with zero attached hydrogens (tertiary/aromatic N) is 1. The second kappa shape index (κ2) is 13.7. The van der Waals surface area contributed by atoms with Gasteiger partial charge in [0, 0.05) is 6.54 Å². The molecular weight excluding hydrogens is 476 g/mol. The molecule has 0 bridgehead atoms. The maximum Gasteiger partial charge on any atom is 0.264 e. The minimum Gasteiger partial charge on any atom is -0.497 e. The lowest BCUT2D eigenvalue weighted by atomic mass is 10.1. The Balaban J connectivity index is 1.74. The Morgan fingerprint density at radius 1 is 1.03 bits per heavy atom. The number of benzene rings is 3. The second-order valence-corrected chi connectivity index (χ2v) is 10.1. The first-order chi connectivity index (χ1) is 17.5. The number of hydrogen-bond acceptors (Lipinski definition) is 6. The van der Waals surface area contributed by atoms with Crippen molar-refractivity contribution in [3.05, 3.63) is 97.1 Å². The van der Waals surface area contributed by atoms with Crippen LogP contribution in [0.25, 0.3) is 0 Å². The lowest BCUT2D eigenvalue weighted by molar-refractivity contribution is 0.180. The first kappa shape index (κ1) is 27.3. The number of aliphatic hydroxyl groups excluding tert-OH is 1. The molecule has 0 amide bonds. The number of nitrogens with one attached hydrogen (secondary N) is 1. The molecule has 3 aromatic carbocycles. The molecule has 36 heavy (non-hydrogen) atoms. The van der Waals surface area contributed by atoms with Gasteiger partial charge in [-0.2, -0.15) is 0 Å². The molecule has 192 valence electrons. The van der Waals surface area contributed by atoms with Gasteiger partial charge in [-0.3, -0.25) is 4.31 Å². The highest BCUT2D eigenvalue weighted by Crippen LogP contribution is 2.33. The monoisotopic (exact) mass is 510 g/mol. The summed E-state index contributed by atoms with van der Waals surface area (Å²) in [4.78, 5) is 0.0878. The van der Waals surface area contributed by atoms with Crippen molar-refractivity contribution in [1.29, 1.82) is 0 Å². The van der Waals surface area contributed by atoms with E-state index in [0.717, 1.165) is 12.8 Å². The van der Waals surface area contributed by atoms with E-state index in [1.807, 2.05) is 18.2 Å². The molecule has 2 N–H and O–H groups in total.